The first-order valence-corrected chi connectivity index (χ1v) is 7.50. The molecule has 2 amide bonds. The van der Waals surface area contributed by atoms with Crippen LogP contribution in [-0.4, -0.2) is 6.03 Å². The zero-order valence-corrected chi connectivity index (χ0v) is 13.1. The zero-order chi connectivity index (χ0) is 13.8. The van der Waals surface area contributed by atoms with Crippen molar-refractivity contribution in [1.29, 1.82) is 0 Å². The van der Waals surface area contributed by atoms with Crippen LogP contribution in [0.4, 0.5) is 4.79 Å². The molecule has 0 fully saturated rings. The number of nitrogens with one attached hydrogen (secondary N) is 2. The monoisotopic (exact) mass is 342 g/mol. The van der Waals surface area contributed by atoms with E-state index in [1.165, 1.54) is 0 Å². The van der Waals surface area contributed by atoms with Crippen LogP contribution >= 0.6 is 27.3 Å². The van der Waals surface area contributed by atoms with Crippen LogP contribution < -0.4 is 10.6 Å². The van der Waals surface area contributed by atoms with Crippen molar-refractivity contribution in [3.05, 3.63) is 44.4 Å². The Kier molecular flexibility index (Phi) is 4.66. The van der Waals surface area contributed by atoms with E-state index in [0.717, 1.165) is 20.2 Å². The highest BCUT2D eigenvalue weighted by Gasteiger charge is 2.12. The number of rotatable bonds is 4. The van der Waals surface area contributed by atoms with Gasteiger partial charge in [-0.2, -0.15) is 0 Å². The van der Waals surface area contributed by atoms with E-state index in [9.17, 15) is 4.79 Å². The van der Waals surface area contributed by atoms with Crippen molar-refractivity contribution < 1.29 is 9.21 Å². The average molecular weight is 343 g/mol. The molecule has 1 atom stereocenters. The highest BCUT2D eigenvalue weighted by Crippen LogP contribution is 2.21. The van der Waals surface area contributed by atoms with Gasteiger partial charge in [-0.05, 0) is 54.0 Å². The second kappa shape index (κ2) is 6.25. The normalized spacial score (nSPS) is 12.2. The van der Waals surface area contributed by atoms with Crippen molar-refractivity contribution >= 4 is 33.3 Å². The fraction of sp³-hybridized carbons (Fsp3) is 0.308. The SMILES string of the molecule is Cc1ccc(C(C)NC(=O)NCc2ccc(Br)s2)o1. The van der Waals surface area contributed by atoms with Crippen molar-refractivity contribution in [3.8, 4) is 0 Å². The van der Waals surface area contributed by atoms with E-state index < -0.39 is 0 Å². The summed E-state index contributed by atoms with van der Waals surface area (Å²) >= 11 is 4.99. The van der Waals surface area contributed by atoms with Crippen molar-refractivity contribution in [3.63, 3.8) is 0 Å². The number of carbonyl (C=O) groups is 1. The quantitative estimate of drug-likeness (QED) is 0.883. The highest BCUT2D eigenvalue weighted by molar-refractivity contribution is 9.11. The van der Waals surface area contributed by atoms with Gasteiger partial charge < -0.3 is 15.1 Å². The largest absolute Gasteiger partial charge is 0.464 e. The predicted octanol–water partition coefficient (Wildman–Crippen LogP) is 3.97. The van der Waals surface area contributed by atoms with Crippen LogP contribution in [0.15, 0.2) is 32.5 Å². The van der Waals surface area contributed by atoms with Gasteiger partial charge in [-0.25, -0.2) is 4.79 Å². The molecule has 2 aromatic heterocycles. The van der Waals surface area contributed by atoms with E-state index in [-0.39, 0.29) is 12.1 Å². The van der Waals surface area contributed by atoms with E-state index in [2.05, 4.69) is 26.6 Å². The number of halogens is 1. The number of hydrogen-bond acceptors (Lipinski definition) is 3. The minimum Gasteiger partial charge on any atom is -0.464 e. The van der Waals surface area contributed by atoms with E-state index in [4.69, 9.17) is 4.42 Å². The molecule has 102 valence electrons. The molecule has 0 radical (unpaired) electrons. The van der Waals surface area contributed by atoms with Crippen LogP contribution in [-0.2, 0) is 6.54 Å². The number of thiophene rings is 1. The van der Waals surface area contributed by atoms with Gasteiger partial charge in [0.05, 0.1) is 16.4 Å². The molecule has 0 aliphatic carbocycles. The summed E-state index contributed by atoms with van der Waals surface area (Å²) < 4.78 is 6.53. The third kappa shape index (κ3) is 4.11. The number of carbonyl (C=O) groups excluding carboxylic acids is 1. The lowest BCUT2D eigenvalue weighted by Gasteiger charge is -2.12. The van der Waals surface area contributed by atoms with Gasteiger partial charge >= 0.3 is 6.03 Å². The first-order chi connectivity index (χ1) is 9.04. The molecule has 19 heavy (non-hydrogen) atoms. The minimum absolute atomic E-state index is 0.149. The zero-order valence-electron chi connectivity index (χ0n) is 10.7. The van der Waals surface area contributed by atoms with Gasteiger partial charge in [-0.15, -0.1) is 11.3 Å². The second-order valence-electron chi connectivity index (χ2n) is 4.20. The molecule has 0 saturated carbocycles. The second-order valence-corrected chi connectivity index (χ2v) is 6.75. The summed E-state index contributed by atoms with van der Waals surface area (Å²) in [5.74, 6) is 1.60. The van der Waals surface area contributed by atoms with Gasteiger partial charge in [-0.3, -0.25) is 0 Å². The molecular formula is C13H15BrN2O2S. The van der Waals surface area contributed by atoms with Gasteiger partial charge in [-0.1, -0.05) is 0 Å². The first kappa shape index (κ1) is 14.1. The van der Waals surface area contributed by atoms with Gasteiger partial charge in [0.25, 0.3) is 0 Å². The topological polar surface area (TPSA) is 54.3 Å². The van der Waals surface area contributed by atoms with Crippen molar-refractivity contribution in [2.75, 3.05) is 0 Å². The molecule has 0 aliphatic heterocycles. The van der Waals surface area contributed by atoms with Crippen LogP contribution in [0, 0.1) is 6.92 Å². The maximum absolute atomic E-state index is 11.7. The van der Waals surface area contributed by atoms with E-state index in [0.29, 0.717) is 6.54 Å². The minimum atomic E-state index is -0.203. The molecule has 2 rings (SSSR count). The molecule has 0 saturated heterocycles. The number of aryl methyl sites for hydroxylation is 1. The van der Waals surface area contributed by atoms with Crippen LogP contribution in [0.1, 0.15) is 29.4 Å². The smallest absolute Gasteiger partial charge is 0.315 e. The molecule has 6 heteroatoms. The Labute approximate surface area is 124 Å². The molecular weight excluding hydrogens is 328 g/mol. The van der Waals surface area contributed by atoms with Crippen LogP contribution in [0.25, 0.3) is 0 Å². The van der Waals surface area contributed by atoms with Gasteiger partial charge in [0.2, 0.25) is 0 Å². The fourth-order valence-corrected chi connectivity index (χ4v) is 3.04. The number of amides is 2. The molecule has 0 spiro atoms. The van der Waals surface area contributed by atoms with Crippen LogP contribution in [0.5, 0.6) is 0 Å². The first-order valence-electron chi connectivity index (χ1n) is 5.89. The lowest BCUT2D eigenvalue weighted by Crippen LogP contribution is -2.36. The molecule has 0 bridgehead atoms. The van der Waals surface area contributed by atoms with Crippen molar-refractivity contribution in [1.82, 2.24) is 10.6 Å². The molecule has 4 nitrogen and oxygen atoms in total. The Morgan fingerprint density at radius 1 is 1.42 bits per heavy atom. The summed E-state index contributed by atoms with van der Waals surface area (Å²) in [4.78, 5) is 12.8. The maximum Gasteiger partial charge on any atom is 0.315 e. The van der Waals surface area contributed by atoms with Gasteiger partial charge in [0.1, 0.15) is 11.5 Å². The van der Waals surface area contributed by atoms with E-state index in [1.807, 2.05) is 38.1 Å². The summed E-state index contributed by atoms with van der Waals surface area (Å²) in [6.45, 7) is 4.29. The highest BCUT2D eigenvalue weighted by atomic mass is 79.9. The van der Waals surface area contributed by atoms with E-state index in [1.54, 1.807) is 11.3 Å². The third-order valence-electron chi connectivity index (χ3n) is 2.59. The lowest BCUT2D eigenvalue weighted by atomic mass is 10.2. The molecule has 2 N–H and O–H groups in total. The Balaban J connectivity index is 1.81. The number of furan rings is 1. The maximum atomic E-state index is 11.7. The standard InChI is InChI=1S/C13H15BrN2O2S/c1-8-3-5-11(18-8)9(2)16-13(17)15-7-10-4-6-12(14)19-10/h3-6,9H,7H2,1-2H3,(H2,15,16,17). The van der Waals surface area contributed by atoms with Crippen LogP contribution in [0.3, 0.4) is 0 Å². The van der Waals surface area contributed by atoms with Crippen LogP contribution in [0.2, 0.25) is 0 Å². The molecule has 2 heterocycles. The number of urea groups is 1. The van der Waals surface area contributed by atoms with Crippen molar-refractivity contribution in [2.24, 2.45) is 0 Å². The Bertz CT molecular complexity index is 564. The molecule has 0 aliphatic rings. The Morgan fingerprint density at radius 2 is 2.21 bits per heavy atom. The summed E-state index contributed by atoms with van der Waals surface area (Å²) in [7, 11) is 0. The Morgan fingerprint density at radius 3 is 2.79 bits per heavy atom. The molecule has 0 aromatic carbocycles. The molecule has 2 aromatic rings. The lowest BCUT2D eigenvalue weighted by molar-refractivity contribution is 0.235. The predicted molar refractivity (Wildman–Crippen MR) is 79.3 cm³/mol. The number of hydrogen-bond donors (Lipinski definition) is 2. The summed E-state index contributed by atoms with van der Waals surface area (Å²) in [6, 6.07) is 7.35. The summed E-state index contributed by atoms with van der Waals surface area (Å²) in [5.41, 5.74) is 0. The summed E-state index contributed by atoms with van der Waals surface area (Å²) in [5, 5.41) is 5.65. The van der Waals surface area contributed by atoms with Gasteiger partial charge in [0.15, 0.2) is 0 Å². The van der Waals surface area contributed by atoms with E-state index >= 15 is 0 Å². The molecule has 1 unspecified atom stereocenters. The third-order valence-corrected chi connectivity index (χ3v) is 4.21. The van der Waals surface area contributed by atoms with Gasteiger partial charge in [0, 0.05) is 4.88 Å². The summed E-state index contributed by atoms with van der Waals surface area (Å²) in [6.07, 6.45) is 0. The fourth-order valence-electron chi connectivity index (χ4n) is 1.62. The Hall–Kier alpha value is -1.27. The van der Waals surface area contributed by atoms with Crippen molar-refractivity contribution in [2.45, 2.75) is 26.4 Å². The average Bonchev–Trinajstić information content (AvgIpc) is 2.95.